The van der Waals surface area contributed by atoms with E-state index >= 15 is 0 Å². The summed E-state index contributed by atoms with van der Waals surface area (Å²) in [6.07, 6.45) is 0.815. The van der Waals surface area contributed by atoms with Gasteiger partial charge < -0.3 is 10.1 Å². The molecule has 0 bridgehead atoms. The molecular weight excluding hydrogens is 310 g/mol. The second-order valence-corrected chi connectivity index (χ2v) is 5.75. The van der Waals surface area contributed by atoms with Gasteiger partial charge in [-0.1, -0.05) is 66.7 Å². The van der Waals surface area contributed by atoms with Gasteiger partial charge in [0.2, 0.25) is 0 Å². The second kappa shape index (κ2) is 8.69. The van der Waals surface area contributed by atoms with E-state index in [-0.39, 0.29) is 5.91 Å². The standard InChI is InChI=1S/C22H21NO2/c24-22(23-16-15-18-9-3-1-4-10-18)21-14-8-7-11-19(21)17-25-20-12-5-2-6-13-20/h1-14H,15-17H2,(H,23,24). The molecule has 0 aromatic heterocycles. The van der Waals surface area contributed by atoms with Crippen LogP contribution in [-0.2, 0) is 13.0 Å². The first kappa shape index (κ1) is 16.8. The molecule has 0 saturated carbocycles. The molecule has 3 rings (SSSR count). The molecule has 0 aliphatic rings. The third-order valence-corrected chi connectivity index (χ3v) is 3.94. The monoisotopic (exact) mass is 331 g/mol. The fraction of sp³-hybridized carbons (Fsp3) is 0.136. The predicted molar refractivity (Wildman–Crippen MR) is 99.7 cm³/mol. The van der Waals surface area contributed by atoms with E-state index in [2.05, 4.69) is 17.4 Å². The highest BCUT2D eigenvalue weighted by Crippen LogP contribution is 2.14. The maximum Gasteiger partial charge on any atom is 0.251 e. The molecule has 0 atom stereocenters. The molecule has 0 aliphatic carbocycles. The van der Waals surface area contributed by atoms with Crippen molar-refractivity contribution in [3.63, 3.8) is 0 Å². The summed E-state index contributed by atoms with van der Waals surface area (Å²) >= 11 is 0. The van der Waals surface area contributed by atoms with Gasteiger partial charge in [0.1, 0.15) is 12.4 Å². The number of ether oxygens (including phenoxy) is 1. The van der Waals surface area contributed by atoms with Gasteiger partial charge in [-0.25, -0.2) is 0 Å². The smallest absolute Gasteiger partial charge is 0.251 e. The van der Waals surface area contributed by atoms with E-state index in [1.54, 1.807) is 0 Å². The zero-order chi connectivity index (χ0) is 17.3. The summed E-state index contributed by atoms with van der Waals surface area (Å²) in [7, 11) is 0. The molecule has 0 spiro atoms. The first-order chi connectivity index (χ1) is 12.3. The van der Waals surface area contributed by atoms with E-state index in [9.17, 15) is 4.79 Å². The zero-order valence-electron chi connectivity index (χ0n) is 14.0. The molecule has 3 nitrogen and oxygen atoms in total. The fourth-order valence-electron chi connectivity index (χ4n) is 2.61. The lowest BCUT2D eigenvalue weighted by molar-refractivity contribution is 0.0951. The van der Waals surface area contributed by atoms with Gasteiger partial charge in [0.05, 0.1) is 0 Å². The summed E-state index contributed by atoms with van der Waals surface area (Å²) in [5, 5.41) is 2.99. The second-order valence-electron chi connectivity index (χ2n) is 5.75. The summed E-state index contributed by atoms with van der Waals surface area (Å²) < 4.78 is 5.78. The Balaban J connectivity index is 1.58. The molecule has 3 aromatic rings. The SMILES string of the molecule is O=C(NCCc1ccccc1)c1ccccc1COc1ccccc1. The van der Waals surface area contributed by atoms with Crippen LogP contribution in [0.4, 0.5) is 0 Å². The van der Waals surface area contributed by atoms with E-state index in [4.69, 9.17) is 4.74 Å². The quantitative estimate of drug-likeness (QED) is 0.703. The lowest BCUT2D eigenvalue weighted by Crippen LogP contribution is -2.26. The Hall–Kier alpha value is -3.07. The maximum absolute atomic E-state index is 12.5. The Morgan fingerprint density at radius 1 is 0.800 bits per heavy atom. The highest BCUT2D eigenvalue weighted by Gasteiger charge is 2.11. The molecule has 0 aliphatic heterocycles. The van der Waals surface area contributed by atoms with Crippen LogP contribution in [-0.4, -0.2) is 12.5 Å². The molecule has 0 radical (unpaired) electrons. The molecule has 25 heavy (non-hydrogen) atoms. The molecule has 1 N–H and O–H groups in total. The summed E-state index contributed by atoms with van der Waals surface area (Å²) in [6.45, 7) is 0.975. The van der Waals surface area contributed by atoms with Crippen LogP contribution in [0.25, 0.3) is 0 Å². The Morgan fingerprint density at radius 3 is 2.20 bits per heavy atom. The molecule has 3 aromatic carbocycles. The van der Waals surface area contributed by atoms with Crippen molar-refractivity contribution in [3.8, 4) is 5.75 Å². The van der Waals surface area contributed by atoms with Crippen molar-refractivity contribution in [2.45, 2.75) is 13.0 Å². The number of rotatable bonds is 7. The van der Waals surface area contributed by atoms with E-state index < -0.39 is 0 Å². The van der Waals surface area contributed by atoms with Crippen LogP contribution in [0.2, 0.25) is 0 Å². The average Bonchev–Trinajstić information content (AvgIpc) is 2.68. The van der Waals surface area contributed by atoms with Gasteiger partial charge in [0.15, 0.2) is 0 Å². The number of nitrogens with one attached hydrogen (secondary N) is 1. The number of hydrogen-bond donors (Lipinski definition) is 1. The van der Waals surface area contributed by atoms with Gasteiger partial charge in [0.25, 0.3) is 5.91 Å². The van der Waals surface area contributed by atoms with Crippen molar-refractivity contribution in [1.82, 2.24) is 5.32 Å². The summed E-state index contributed by atoms with van der Waals surface area (Å²) in [5.74, 6) is 0.727. The molecule has 0 saturated heterocycles. The molecule has 1 amide bonds. The number of carbonyl (C=O) groups is 1. The minimum Gasteiger partial charge on any atom is -0.489 e. The van der Waals surface area contributed by atoms with Gasteiger partial charge in [-0.2, -0.15) is 0 Å². The Labute approximate surface area is 148 Å². The van der Waals surface area contributed by atoms with Crippen LogP contribution in [0.15, 0.2) is 84.9 Å². The first-order valence-electron chi connectivity index (χ1n) is 8.41. The number of hydrogen-bond acceptors (Lipinski definition) is 2. The van der Waals surface area contributed by atoms with Gasteiger partial charge >= 0.3 is 0 Å². The van der Waals surface area contributed by atoms with Crippen LogP contribution < -0.4 is 10.1 Å². The first-order valence-corrected chi connectivity index (χ1v) is 8.41. The molecular formula is C22H21NO2. The van der Waals surface area contributed by atoms with E-state index in [0.29, 0.717) is 18.7 Å². The Bertz CT molecular complexity index is 801. The lowest BCUT2D eigenvalue weighted by atomic mass is 10.1. The third-order valence-electron chi connectivity index (χ3n) is 3.94. The van der Waals surface area contributed by atoms with Gasteiger partial charge in [-0.05, 0) is 30.2 Å². The minimum atomic E-state index is -0.0665. The summed E-state index contributed by atoms with van der Waals surface area (Å²) in [6, 6.07) is 27.3. The number of para-hydroxylation sites is 1. The van der Waals surface area contributed by atoms with Crippen molar-refractivity contribution in [2.24, 2.45) is 0 Å². The molecule has 3 heteroatoms. The van der Waals surface area contributed by atoms with E-state index in [0.717, 1.165) is 17.7 Å². The lowest BCUT2D eigenvalue weighted by Gasteiger charge is -2.11. The van der Waals surface area contributed by atoms with Crippen molar-refractivity contribution >= 4 is 5.91 Å². The highest BCUT2D eigenvalue weighted by molar-refractivity contribution is 5.95. The van der Waals surface area contributed by atoms with Crippen LogP contribution in [0, 0.1) is 0 Å². The van der Waals surface area contributed by atoms with Gasteiger partial charge in [-0.15, -0.1) is 0 Å². The normalized spacial score (nSPS) is 10.2. The summed E-state index contributed by atoms with van der Waals surface area (Å²) in [4.78, 5) is 12.5. The van der Waals surface area contributed by atoms with Crippen molar-refractivity contribution < 1.29 is 9.53 Å². The van der Waals surface area contributed by atoms with E-state index in [1.807, 2.05) is 72.8 Å². The van der Waals surface area contributed by atoms with Gasteiger partial charge in [0, 0.05) is 17.7 Å². The largest absolute Gasteiger partial charge is 0.489 e. The molecule has 126 valence electrons. The van der Waals surface area contributed by atoms with Crippen LogP contribution in [0.1, 0.15) is 21.5 Å². The molecule has 0 fully saturated rings. The van der Waals surface area contributed by atoms with E-state index in [1.165, 1.54) is 5.56 Å². The Morgan fingerprint density at radius 2 is 1.44 bits per heavy atom. The Kier molecular flexibility index (Phi) is 5.83. The van der Waals surface area contributed by atoms with Crippen LogP contribution in [0.5, 0.6) is 5.75 Å². The predicted octanol–water partition coefficient (Wildman–Crippen LogP) is 4.24. The van der Waals surface area contributed by atoms with Crippen LogP contribution in [0.3, 0.4) is 0 Å². The van der Waals surface area contributed by atoms with Crippen molar-refractivity contribution in [2.75, 3.05) is 6.54 Å². The highest BCUT2D eigenvalue weighted by atomic mass is 16.5. The third kappa shape index (κ3) is 4.95. The molecule has 0 unspecified atom stereocenters. The van der Waals surface area contributed by atoms with Crippen molar-refractivity contribution in [1.29, 1.82) is 0 Å². The average molecular weight is 331 g/mol. The van der Waals surface area contributed by atoms with Crippen molar-refractivity contribution in [3.05, 3.63) is 102 Å². The van der Waals surface area contributed by atoms with Crippen LogP contribution >= 0.6 is 0 Å². The maximum atomic E-state index is 12.5. The van der Waals surface area contributed by atoms with Gasteiger partial charge in [-0.3, -0.25) is 4.79 Å². The topological polar surface area (TPSA) is 38.3 Å². The summed E-state index contributed by atoms with van der Waals surface area (Å²) in [5.41, 5.74) is 2.75. The number of amides is 1. The zero-order valence-corrected chi connectivity index (χ0v) is 14.0. The number of benzene rings is 3. The fourth-order valence-corrected chi connectivity index (χ4v) is 2.61. The molecule has 0 heterocycles. The minimum absolute atomic E-state index is 0.0665. The number of carbonyl (C=O) groups excluding carboxylic acids is 1.